The van der Waals surface area contributed by atoms with E-state index in [-0.39, 0.29) is 11.3 Å². The van der Waals surface area contributed by atoms with Crippen LogP contribution in [0.1, 0.15) is 36.5 Å². The lowest BCUT2D eigenvalue weighted by molar-refractivity contribution is -0.385. The minimum Gasteiger partial charge on any atom is -0.272 e. The molecule has 3 atom stereocenters. The van der Waals surface area contributed by atoms with Crippen molar-refractivity contribution in [2.75, 3.05) is 0 Å². The number of rotatable bonds is 3. The second-order valence-electron chi connectivity index (χ2n) is 6.36. The van der Waals surface area contributed by atoms with Gasteiger partial charge in [-0.1, -0.05) is 19.1 Å². The number of carbonyl (C=O) groups is 3. The van der Waals surface area contributed by atoms with Gasteiger partial charge in [0.25, 0.3) is 23.4 Å². The van der Waals surface area contributed by atoms with Crippen LogP contribution < -0.4 is 5.43 Å². The highest BCUT2D eigenvalue weighted by atomic mass is 16.6. The monoisotopic (exact) mass is 331 g/mol. The Morgan fingerprint density at radius 2 is 1.88 bits per heavy atom. The summed E-state index contributed by atoms with van der Waals surface area (Å²) in [6.07, 6.45) is 2.10. The summed E-state index contributed by atoms with van der Waals surface area (Å²) in [6.45, 7) is 2.03. The Kier molecular flexibility index (Phi) is 4.04. The average molecular weight is 331 g/mol. The number of benzene rings is 1. The second kappa shape index (κ2) is 6.03. The predicted molar refractivity (Wildman–Crippen MR) is 82.4 cm³/mol. The largest absolute Gasteiger partial charge is 0.282 e. The Bertz CT molecular complexity index is 732. The highest BCUT2D eigenvalue weighted by Crippen LogP contribution is 2.39. The normalized spacial score (nSPS) is 26.2. The lowest BCUT2D eigenvalue weighted by atomic mass is 9.76. The first-order valence-electron chi connectivity index (χ1n) is 7.82. The summed E-state index contributed by atoms with van der Waals surface area (Å²) in [5, 5.41) is 11.8. The van der Waals surface area contributed by atoms with E-state index in [1.165, 1.54) is 24.3 Å². The summed E-state index contributed by atoms with van der Waals surface area (Å²) >= 11 is 0. The lowest BCUT2D eigenvalue weighted by Crippen LogP contribution is -2.46. The van der Waals surface area contributed by atoms with Crippen LogP contribution in [0.25, 0.3) is 0 Å². The zero-order valence-electron chi connectivity index (χ0n) is 13.1. The first-order chi connectivity index (χ1) is 11.4. The molecular weight excluding hydrogens is 314 g/mol. The van der Waals surface area contributed by atoms with Crippen LogP contribution in [0, 0.1) is 27.9 Å². The van der Waals surface area contributed by atoms with Crippen molar-refractivity contribution in [1.29, 1.82) is 0 Å². The molecule has 8 heteroatoms. The van der Waals surface area contributed by atoms with Crippen LogP contribution in [0.3, 0.4) is 0 Å². The Hall–Kier alpha value is -2.77. The highest BCUT2D eigenvalue weighted by Gasteiger charge is 2.50. The van der Waals surface area contributed by atoms with Gasteiger partial charge in [-0.2, -0.15) is 5.01 Å². The third-order valence-corrected chi connectivity index (χ3v) is 4.75. The van der Waals surface area contributed by atoms with Crippen molar-refractivity contribution < 1.29 is 19.3 Å². The quantitative estimate of drug-likeness (QED) is 0.514. The van der Waals surface area contributed by atoms with Gasteiger partial charge in [-0.3, -0.25) is 29.9 Å². The van der Waals surface area contributed by atoms with Gasteiger partial charge in [0.05, 0.1) is 16.8 Å². The first kappa shape index (κ1) is 16.1. The van der Waals surface area contributed by atoms with Crippen molar-refractivity contribution in [2.24, 2.45) is 17.8 Å². The molecule has 1 N–H and O–H groups in total. The molecule has 0 unspecified atom stereocenters. The van der Waals surface area contributed by atoms with Gasteiger partial charge in [0, 0.05) is 6.07 Å². The average Bonchev–Trinajstić information content (AvgIpc) is 2.79. The number of fused-ring (bicyclic) bond motifs is 1. The van der Waals surface area contributed by atoms with E-state index in [0.717, 1.165) is 11.4 Å². The van der Waals surface area contributed by atoms with Crippen LogP contribution in [0.5, 0.6) is 0 Å². The van der Waals surface area contributed by atoms with Crippen molar-refractivity contribution in [2.45, 2.75) is 26.2 Å². The number of hydrogen-bond acceptors (Lipinski definition) is 5. The SMILES string of the molecule is C[C@@H]1CC[C@H]2C(=O)N(NC(=O)c3ccccc3[N+](=O)[O-])C(=O)[C@@H]2C1. The Balaban J connectivity index is 1.81. The van der Waals surface area contributed by atoms with Gasteiger partial charge < -0.3 is 0 Å². The summed E-state index contributed by atoms with van der Waals surface area (Å²) in [6, 6.07) is 5.41. The molecule has 1 aromatic rings. The fourth-order valence-electron chi connectivity index (χ4n) is 3.49. The molecule has 1 heterocycles. The number of hydrazine groups is 1. The molecule has 0 radical (unpaired) electrons. The van der Waals surface area contributed by atoms with Crippen molar-refractivity contribution in [1.82, 2.24) is 10.4 Å². The van der Waals surface area contributed by atoms with E-state index in [0.29, 0.717) is 18.8 Å². The topological polar surface area (TPSA) is 110 Å². The summed E-state index contributed by atoms with van der Waals surface area (Å²) in [4.78, 5) is 47.5. The highest BCUT2D eigenvalue weighted by molar-refractivity contribution is 6.08. The number of carbonyl (C=O) groups excluding carboxylic acids is 3. The van der Waals surface area contributed by atoms with Gasteiger partial charge in [-0.05, 0) is 31.2 Å². The molecular formula is C16H17N3O5. The summed E-state index contributed by atoms with van der Waals surface area (Å²) < 4.78 is 0. The number of nitrogens with one attached hydrogen (secondary N) is 1. The summed E-state index contributed by atoms with van der Waals surface area (Å²) in [5.74, 6) is -2.15. The van der Waals surface area contributed by atoms with E-state index in [2.05, 4.69) is 5.43 Å². The molecule has 1 aliphatic carbocycles. The fourth-order valence-corrected chi connectivity index (χ4v) is 3.49. The molecule has 0 aromatic heterocycles. The molecule has 8 nitrogen and oxygen atoms in total. The van der Waals surface area contributed by atoms with E-state index >= 15 is 0 Å². The Morgan fingerprint density at radius 1 is 1.21 bits per heavy atom. The van der Waals surface area contributed by atoms with Crippen molar-refractivity contribution in [3.63, 3.8) is 0 Å². The first-order valence-corrected chi connectivity index (χ1v) is 7.82. The van der Waals surface area contributed by atoms with Crippen LogP contribution in [0.4, 0.5) is 5.69 Å². The zero-order valence-corrected chi connectivity index (χ0v) is 13.1. The van der Waals surface area contributed by atoms with Crippen LogP contribution >= 0.6 is 0 Å². The van der Waals surface area contributed by atoms with Gasteiger partial charge in [0.1, 0.15) is 5.56 Å². The van der Waals surface area contributed by atoms with Gasteiger partial charge >= 0.3 is 0 Å². The lowest BCUT2D eigenvalue weighted by Gasteiger charge is -2.25. The maximum Gasteiger partial charge on any atom is 0.282 e. The predicted octanol–water partition coefficient (Wildman–Crippen LogP) is 1.66. The smallest absolute Gasteiger partial charge is 0.272 e. The van der Waals surface area contributed by atoms with Crippen molar-refractivity contribution >= 4 is 23.4 Å². The van der Waals surface area contributed by atoms with Crippen molar-refractivity contribution in [3.8, 4) is 0 Å². The van der Waals surface area contributed by atoms with Gasteiger partial charge in [0.2, 0.25) is 0 Å². The van der Waals surface area contributed by atoms with E-state index in [4.69, 9.17) is 0 Å². The molecule has 2 fully saturated rings. The number of amides is 3. The molecule has 1 saturated carbocycles. The molecule has 0 bridgehead atoms. The van der Waals surface area contributed by atoms with Crippen molar-refractivity contribution in [3.05, 3.63) is 39.9 Å². The minimum absolute atomic E-state index is 0.189. The van der Waals surface area contributed by atoms with Gasteiger partial charge in [-0.15, -0.1) is 0 Å². The molecule has 0 spiro atoms. The number of imide groups is 1. The fraction of sp³-hybridized carbons (Fsp3) is 0.438. The second-order valence-corrected chi connectivity index (χ2v) is 6.36. The molecule has 2 aliphatic rings. The number of para-hydroxylation sites is 1. The molecule has 1 saturated heterocycles. The number of nitrogens with zero attached hydrogens (tertiary/aromatic N) is 2. The van der Waals surface area contributed by atoms with Crippen LogP contribution in [0.2, 0.25) is 0 Å². The van der Waals surface area contributed by atoms with Gasteiger partial charge in [0.15, 0.2) is 0 Å². The standard InChI is InChI=1S/C16H17N3O5/c1-9-6-7-10-12(8-9)16(22)18(15(10)21)17-14(20)11-4-2-3-5-13(11)19(23)24/h2-5,9-10,12H,6-8H2,1H3,(H,17,20)/t9-,10-,12-/m1/s1. The summed E-state index contributed by atoms with van der Waals surface area (Å²) in [5.41, 5.74) is 1.69. The molecule has 3 amide bonds. The molecule has 24 heavy (non-hydrogen) atoms. The van der Waals surface area contributed by atoms with E-state index in [1.807, 2.05) is 6.92 Å². The zero-order chi connectivity index (χ0) is 17.4. The maximum absolute atomic E-state index is 12.4. The Morgan fingerprint density at radius 3 is 2.58 bits per heavy atom. The van der Waals surface area contributed by atoms with E-state index in [1.54, 1.807) is 0 Å². The number of nitro groups is 1. The summed E-state index contributed by atoms with van der Waals surface area (Å²) in [7, 11) is 0. The van der Waals surface area contributed by atoms with E-state index in [9.17, 15) is 24.5 Å². The third kappa shape index (κ3) is 2.64. The number of nitro benzene ring substituents is 1. The maximum atomic E-state index is 12.4. The molecule has 3 rings (SSSR count). The molecule has 126 valence electrons. The number of hydrogen-bond donors (Lipinski definition) is 1. The molecule has 1 aromatic carbocycles. The van der Waals surface area contributed by atoms with Crippen LogP contribution in [0.15, 0.2) is 24.3 Å². The van der Waals surface area contributed by atoms with E-state index < -0.39 is 34.5 Å². The minimum atomic E-state index is -0.837. The third-order valence-electron chi connectivity index (χ3n) is 4.75. The van der Waals surface area contributed by atoms with Crippen LogP contribution in [-0.4, -0.2) is 27.7 Å². The Labute approximate surface area is 137 Å². The van der Waals surface area contributed by atoms with Gasteiger partial charge in [-0.25, -0.2) is 0 Å². The van der Waals surface area contributed by atoms with Crippen LogP contribution in [-0.2, 0) is 9.59 Å². The molecule has 1 aliphatic heterocycles.